The average Bonchev–Trinajstić information content (AvgIpc) is 2.83. The minimum Gasteiger partial charge on any atom is -0.492 e. The fourth-order valence-electron chi connectivity index (χ4n) is 2.33. The van der Waals surface area contributed by atoms with E-state index in [-0.39, 0.29) is 31.5 Å². The maximum Gasteiger partial charge on any atom is 0.330 e. The van der Waals surface area contributed by atoms with E-state index in [1.54, 1.807) is 0 Å². The van der Waals surface area contributed by atoms with Crippen molar-refractivity contribution in [2.45, 2.75) is 52.4 Å². The molecule has 33 heavy (non-hydrogen) atoms. The van der Waals surface area contributed by atoms with E-state index in [1.165, 1.54) is 6.08 Å². The van der Waals surface area contributed by atoms with Gasteiger partial charge >= 0.3 is 11.9 Å². The van der Waals surface area contributed by atoms with Crippen LogP contribution in [0.4, 0.5) is 0 Å². The van der Waals surface area contributed by atoms with Crippen molar-refractivity contribution in [1.82, 2.24) is 0 Å². The predicted molar refractivity (Wildman–Crippen MR) is 127 cm³/mol. The molecule has 0 aliphatic carbocycles. The molecule has 0 aromatic rings. The van der Waals surface area contributed by atoms with Gasteiger partial charge in [-0.25, -0.2) is 9.59 Å². The Morgan fingerprint density at radius 1 is 0.727 bits per heavy atom. The third-order valence-electron chi connectivity index (χ3n) is 4.76. The number of esters is 2. The van der Waals surface area contributed by atoms with E-state index < -0.39 is 17.4 Å². The molecule has 0 heterocycles. The summed E-state index contributed by atoms with van der Waals surface area (Å²) in [5.74, 6) is -0.530. The highest BCUT2D eigenvalue weighted by atomic mass is 16.6. The van der Waals surface area contributed by atoms with Crippen molar-refractivity contribution in [2.75, 3.05) is 39.6 Å². The molecule has 8 nitrogen and oxygen atoms in total. The van der Waals surface area contributed by atoms with E-state index in [1.807, 2.05) is 27.7 Å². The zero-order valence-electron chi connectivity index (χ0n) is 20.5. The van der Waals surface area contributed by atoms with Crippen LogP contribution < -0.4 is 0 Å². The summed E-state index contributed by atoms with van der Waals surface area (Å²) in [7, 11) is 0. The molecule has 0 aliphatic heterocycles. The van der Waals surface area contributed by atoms with E-state index in [2.05, 4.69) is 26.3 Å². The lowest BCUT2D eigenvalue weighted by Crippen LogP contribution is -2.41. The number of allylic oxidation sites excluding steroid dienone is 1. The molecule has 188 valence electrons. The lowest BCUT2D eigenvalue weighted by atomic mass is 9.87. The van der Waals surface area contributed by atoms with Crippen molar-refractivity contribution in [3.8, 4) is 0 Å². The molecule has 0 aromatic heterocycles. The Labute approximate surface area is 198 Å². The first-order chi connectivity index (χ1) is 15.6. The largest absolute Gasteiger partial charge is 0.492 e. The van der Waals surface area contributed by atoms with Gasteiger partial charge in [-0.3, -0.25) is 0 Å². The van der Waals surface area contributed by atoms with Crippen molar-refractivity contribution >= 4 is 11.9 Å². The molecule has 8 heteroatoms. The van der Waals surface area contributed by atoms with E-state index in [0.717, 1.165) is 12.2 Å². The van der Waals surface area contributed by atoms with Gasteiger partial charge in [0.15, 0.2) is 0 Å². The van der Waals surface area contributed by atoms with Gasteiger partial charge in [-0.05, 0) is 33.3 Å². The summed E-state index contributed by atoms with van der Waals surface area (Å²) in [6, 6.07) is 0. The molecule has 0 amide bonds. The second-order valence-corrected chi connectivity index (χ2v) is 7.87. The summed E-state index contributed by atoms with van der Waals surface area (Å²) in [5, 5.41) is 0. The molecule has 0 spiro atoms. The minimum absolute atomic E-state index is 0.105. The number of carbonyl (C=O) groups is 2. The molecule has 0 saturated heterocycles. The smallest absolute Gasteiger partial charge is 0.330 e. The summed E-state index contributed by atoms with van der Waals surface area (Å²) in [5.41, 5.74) is -0.489. The predicted octanol–water partition coefficient (Wildman–Crippen LogP) is 3.77. The zero-order valence-corrected chi connectivity index (χ0v) is 20.5. The molecule has 0 N–H and O–H groups in total. The maximum atomic E-state index is 11.3. The molecule has 0 bridgehead atoms. The van der Waals surface area contributed by atoms with Gasteiger partial charge in [-0.15, -0.1) is 0 Å². The first-order valence-electron chi connectivity index (χ1n) is 11.0. The highest BCUT2D eigenvalue weighted by Crippen LogP contribution is 2.26. The van der Waals surface area contributed by atoms with Crippen LogP contribution in [0.2, 0.25) is 0 Å². The number of rotatable bonds is 20. The summed E-state index contributed by atoms with van der Waals surface area (Å²) in [6.45, 7) is 23.1. The van der Waals surface area contributed by atoms with Gasteiger partial charge in [-0.1, -0.05) is 33.2 Å². The zero-order chi connectivity index (χ0) is 25.3. The van der Waals surface area contributed by atoms with E-state index >= 15 is 0 Å². The summed E-state index contributed by atoms with van der Waals surface area (Å²) in [4.78, 5) is 22.6. The number of ether oxygens (including phenoxy) is 6. The van der Waals surface area contributed by atoms with Crippen LogP contribution in [0.3, 0.4) is 0 Å². The van der Waals surface area contributed by atoms with Crippen molar-refractivity contribution in [3.05, 3.63) is 50.3 Å². The molecule has 0 fully saturated rings. The van der Waals surface area contributed by atoms with E-state index in [4.69, 9.17) is 28.4 Å². The summed E-state index contributed by atoms with van der Waals surface area (Å²) in [6.07, 6.45) is 3.57. The van der Waals surface area contributed by atoms with Gasteiger partial charge < -0.3 is 28.4 Å². The van der Waals surface area contributed by atoms with Crippen LogP contribution in [0, 0.1) is 5.41 Å². The Morgan fingerprint density at radius 3 is 1.39 bits per heavy atom. The van der Waals surface area contributed by atoms with Gasteiger partial charge in [0.25, 0.3) is 0 Å². The fourth-order valence-corrected chi connectivity index (χ4v) is 2.33. The lowest BCUT2D eigenvalue weighted by molar-refractivity contribution is -0.150. The highest BCUT2D eigenvalue weighted by Gasteiger charge is 2.32. The standard InChI is InChI=1S/C25H40O8/c1-9-19(5)28-13-20(6)31-16-25(12-4,17-32-21(7)14-29-23(26)10-2)18-33-22(8)15-30-24(27)11-3/h9-11,20-22H,1-3,5,12-18H2,4,6-8H3. The maximum absolute atomic E-state index is 11.3. The molecule has 3 unspecified atom stereocenters. The van der Waals surface area contributed by atoms with Gasteiger partial charge in [0.1, 0.15) is 25.6 Å². The van der Waals surface area contributed by atoms with Crippen LogP contribution in [-0.4, -0.2) is 69.9 Å². The second kappa shape index (κ2) is 17.1. The van der Waals surface area contributed by atoms with Crippen LogP contribution in [0.5, 0.6) is 0 Å². The molecule has 0 aromatic carbocycles. The second-order valence-electron chi connectivity index (χ2n) is 7.87. The van der Waals surface area contributed by atoms with Gasteiger partial charge in [0.2, 0.25) is 0 Å². The number of hydrogen-bond donors (Lipinski definition) is 0. The van der Waals surface area contributed by atoms with Crippen molar-refractivity contribution < 1.29 is 38.0 Å². The molecular weight excluding hydrogens is 428 g/mol. The fraction of sp³-hybridized carbons (Fsp3) is 0.600. The quantitative estimate of drug-likeness (QED) is 0.115. The number of hydrogen-bond acceptors (Lipinski definition) is 8. The van der Waals surface area contributed by atoms with Crippen molar-refractivity contribution in [3.63, 3.8) is 0 Å². The van der Waals surface area contributed by atoms with Gasteiger partial charge in [0, 0.05) is 17.6 Å². The number of carbonyl (C=O) groups excluding carboxylic acids is 2. The Kier molecular flexibility index (Phi) is 15.9. The lowest BCUT2D eigenvalue weighted by Gasteiger charge is -2.35. The molecule has 0 radical (unpaired) electrons. The van der Waals surface area contributed by atoms with Crippen LogP contribution in [0.1, 0.15) is 34.1 Å². The minimum atomic E-state index is -0.503. The Balaban J connectivity index is 5.02. The first-order valence-corrected chi connectivity index (χ1v) is 11.0. The molecule has 0 rings (SSSR count). The third kappa shape index (κ3) is 14.4. The Hall–Kier alpha value is -2.42. The van der Waals surface area contributed by atoms with E-state index in [9.17, 15) is 9.59 Å². The molecular formula is C25H40O8. The topological polar surface area (TPSA) is 89.5 Å². The molecule has 3 atom stereocenters. The Bertz CT molecular complexity index is 559. The first kappa shape index (κ1) is 30.6. The third-order valence-corrected chi connectivity index (χ3v) is 4.76. The van der Waals surface area contributed by atoms with Crippen LogP contribution in [0.15, 0.2) is 50.3 Å². The van der Waals surface area contributed by atoms with Crippen LogP contribution in [-0.2, 0) is 38.0 Å². The SMILES string of the molecule is C=CC(=C)OCC(C)OCC(CC)(COC(C)COC(=O)C=C)COC(C)COC(=O)C=C. The van der Waals surface area contributed by atoms with Gasteiger partial charge in [-0.2, -0.15) is 0 Å². The van der Waals surface area contributed by atoms with Crippen molar-refractivity contribution in [2.24, 2.45) is 5.41 Å². The van der Waals surface area contributed by atoms with Gasteiger partial charge in [0.05, 0.1) is 38.1 Å². The monoisotopic (exact) mass is 468 g/mol. The van der Waals surface area contributed by atoms with E-state index in [0.29, 0.717) is 38.6 Å². The summed E-state index contributed by atoms with van der Waals surface area (Å²) >= 11 is 0. The average molecular weight is 469 g/mol. The summed E-state index contributed by atoms with van der Waals surface area (Å²) < 4.78 is 33.5. The molecule has 0 saturated carbocycles. The molecule has 0 aliphatic rings. The normalized spacial score (nSPS) is 15.3. The highest BCUT2D eigenvalue weighted by molar-refractivity contribution is 5.81. The Morgan fingerprint density at radius 2 is 1.09 bits per heavy atom. The van der Waals surface area contributed by atoms with Crippen LogP contribution in [0.25, 0.3) is 0 Å². The van der Waals surface area contributed by atoms with Crippen molar-refractivity contribution in [1.29, 1.82) is 0 Å². The van der Waals surface area contributed by atoms with Crippen LogP contribution >= 0.6 is 0 Å².